The van der Waals surface area contributed by atoms with Crippen LogP contribution in [0, 0.1) is 0 Å². The van der Waals surface area contributed by atoms with Crippen LogP contribution in [0.5, 0.6) is 5.75 Å². The van der Waals surface area contributed by atoms with E-state index in [9.17, 15) is 9.59 Å². The normalized spacial score (nSPS) is 13.9. The first-order valence-electron chi connectivity index (χ1n) is 9.80. The predicted molar refractivity (Wildman–Crippen MR) is 115 cm³/mol. The number of anilines is 1. The second kappa shape index (κ2) is 13.0. The second-order valence-corrected chi connectivity index (χ2v) is 6.70. The average molecular weight is 429 g/mol. The number of carbonyl (C=O) groups is 3. The van der Waals surface area contributed by atoms with Crippen LogP contribution in [0.2, 0.25) is 0 Å². The monoisotopic (exact) mass is 429 g/mol. The number of amides is 2. The highest BCUT2D eigenvalue weighted by atomic mass is 16.5. The van der Waals surface area contributed by atoms with Crippen molar-refractivity contribution in [3.05, 3.63) is 60.2 Å². The molecule has 2 amide bonds. The van der Waals surface area contributed by atoms with Gasteiger partial charge in [-0.25, -0.2) is 0 Å². The molecule has 0 aromatic heterocycles. The highest BCUT2D eigenvalue weighted by Crippen LogP contribution is 2.16. The van der Waals surface area contributed by atoms with Gasteiger partial charge in [-0.15, -0.1) is 0 Å². The molecule has 9 nitrogen and oxygen atoms in total. The molecule has 1 aliphatic rings. The minimum Gasteiger partial charge on any atom is -0.484 e. The Morgan fingerprint density at radius 3 is 2.35 bits per heavy atom. The van der Waals surface area contributed by atoms with Crippen LogP contribution < -0.4 is 15.8 Å². The minimum atomic E-state index is -0.635. The number of ether oxygens (including phenoxy) is 2. The van der Waals surface area contributed by atoms with E-state index >= 15 is 0 Å². The van der Waals surface area contributed by atoms with Gasteiger partial charge in [0, 0.05) is 18.8 Å². The van der Waals surface area contributed by atoms with E-state index in [4.69, 9.17) is 25.1 Å². The third-order valence-corrected chi connectivity index (χ3v) is 4.48. The first-order valence-corrected chi connectivity index (χ1v) is 9.80. The van der Waals surface area contributed by atoms with Gasteiger partial charge in [0.1, 0.15) is 5.75 Å². The Hall–Kier alpha value is -3.43. The molecule has 1 aliphatic heterocycles. The van der Waals surface area contributed by atoms with Crippen LogP contribution in [0.1, 0.15) is 5.56 Å². The highest BCUT2D eigenvalue weighted by molar-refractivity contribution is 5.94. The minimum absolute atomic E-state index is 0.0202. The van der Waals surface area contributed by atoms with E-state index in [1.54, 1.807) is 29.2 Å². The molecule has 1 saturated heterocycles. The van der Waals surface area contributed by atoms with Crippen LogP contribution in [0.25, 0.3) is 0 Å². The molecular weight excluding hydrogens is 402 g/mol. The molecule has 1 atom stereocenters. The lowest BCUT2D eigenvalue weighted by Gasteiger charge is -2.26. The van der Waals surface area contributed by atoms with Crippen molar-refractivity contribution in [1.82, 2.24) is 4.90 Å². The molecule has 2 aromatic carbocycles. The van der Waals surface area contributed by atoms with Crippen LogP contribution in [0.15, 0.2) is 54.6 Å². The number of morpholine rings is 1. The largest absolute Gasteiger partial charge is 0.484 e. The molecule has 166 valence electrons. The van der Waals surface area contributed by atoms with Gasteiger partial charge in [-0.1, -0.05) is 30.3 Å². The summed E-state index contributed by atoms with van der Waals surface area (Å²) in [6.07, 6.45) is 0.470. The first kappa shape index (κ1) is 23.8. The molecule has 1 unspecified atom stereocenters. The smallest absolute Gasteiger partial charge is 0.290 e. The summed E-state index contributed by atoms with van der Waals surface area (Å²) < 4.78 is 10.8. The Morgan fingerprint density at radius 1 is 1.13 bits per heavy atom. The third-order valence-electron chi connectivity index (χ3n) is 4.48. The van der Waals surface area contributed by atoms with E-state index in [0.717, 1.165) is 5.56 Å². The molecule has 1 fully saturated rings. The van der Waals surface area contributed by atoms with Gasteiger partial charge in [0.25, 0.3) is 12.4 Å². The standard InChI is InChI=1S/C21H25N3O4.CH2O2/c22-19(14-16-4-2-1-3-5-16)21(26)23-17-6-8-18(9-7-17)28-15-20(25)24-10-12-27-13-11-24;2-1-3/h1-9,19H,10-15,22H2,(H,23,26);1H,(H,2,3). The van der Waals surface area contributed by atoms with Gasteiger partial charge in [0.15, 0.2) is 6.61 Å². The number of nitrogens with two attached hydrogens (primary N) is 1. The van der Waals surface area contributed by atoms with Crippen molar-refractivity contribution < 1.29 is 29.0 Å². The fraction of sp³-hybridized carbons (Fsp3) is 0.318. The fourth-order valence-electron chi connectivity index (χ4n) is 2.88. The molecule has 0 spiro atoms. The Morgan fingerprint density at radius 2 is 1.74 bits per heavy atom. The first-order chi connectivity index (χ1) is 15.0. The lowest BCUT2D eigenvalue weighted by Crippen LogP contribution is -2.42. The molecule has 2 aromatic rings. The van der Waals surface area contributed by atoms with Gasteiger partial charge in [-0.2, -0.15) is 0 Å². The van der Waals surface area contributed by atoms with Crippen molar-refractivity contribution in [2.75, 3.05) is 38.2 Å². The number of hydrogen-bond donors (Lipinski definition) is 3. The van der Waals surface area contributed by atoms with Gasteiger partial charge in [0.2, 0.25) is 5.91 Å². The Bertz CT molecular complexity index is 823. The van der Waals surface area contributed by atoms with Crippen molar-refractivity contribution in [3.63, 3.8) is 0 Å². The fourth-order valence-corrected chi connectivity index (χ4v) is 2.88. The average Bonchev–Trinajstić information content (AvgIpc) is 2.80. The Labute approximate surface area is 180 Å². The maximum Gasteiger partial charge on any atom is 0.290 e. The van der Waals surface area contributed by atoms with Gasteiger partial charge in [0.05, 0.1) is 19.3 Å². The van der Waals surface area contributed by atoms with E-state index in [-0.39, 0.29) is 24.9 Å². The van der Waals surface area contributed by atoms with Gasteiger partial charge in [-0.3, -0.25) is 14.4 Å². The lowest BCUT2D eigenvalue weighted by atomic mass is 10.1. The van der Waals surface area contributed by atoms with Crippen molar-refractivity contribution in [1.29, 1.82) is 0 Å². The summed E-state index contributed by atoms with van der Waals surface area (Å²) in [5, 5.41) is 9.69. The topological polar surface area (TPSA) is 131 Å². The molecule has 0 bridgehead atoms. The number of rotatable bonds is 7. The Kier molecular flexibility index (Phi) is 9.99. The maximum absolute atomic E-state index is 12.3. The van der Waals surface area contributed by atoms with Crippen molar-refractivity contribution in [2.45, 2.75) is 12.5 Å². The van der Waals surface area contributed by atoms with Gasteiger partial charge in [-0.05, 0) is 36.2 Å². The van der Waals surface area contributed by atoms with Crippen LogP contribution in [0.3, 0.4) is 0 Å². The number of carbonyl (C=O) groups excluding carboxylic acids is 2. The van der Waals surface area contributed by atoms with Crippen LogP contribution in [-0.2, 0) is 25.5 Å². The highest BCUT2D eigenvalue weighted by Gasteiger charge is 2.17. The number of hydrogen-bond acceptors (Lipinski definition) is 6. The summed E-state index contributed by atoms with van der Waals surface area (Å²) in [7, 11) is 0. The second-order valence-electron chi connectivity index (χ2n) is 6.70. The SMILES string of the molecule is NC(Cc1ccccc1)C(=O)Nc1ccc(OCC(=O)N2CCOCC2)cc1.O=CO. The number of carboxylic acid groups (broad SMARTS) is 1. The summed E-state index contributed by atoms with van der Waals surface area (Å²) in [5.41, 5.74) is 7.63. The Balaban J connectivity index is 0.00000107. The lowest BCUT2D eigenvalue weighted by molar-refractivity contribution is -0.137. The molecular formula is C22H27N3O6. The van der Waals surface area contributed by atoms with Crippen molar-refractivity contribution in [3.8, 4) is 5.75 Å². The quantitative estimate of drug-likeness (QED) is 0.562. The van der Waals surface area contributed by atoms with Crippen molar-refractivity contribution in [2.24, 2.45) is 5.73 Å². The zero-order valence-corrected chi connectivity index (χ0v) is 17.1. The summed E-state index contributed by atoms with van der Waals surface area (Å²) in [5.74, 6) is 0.251. The molecule has 0 radical (unpaired) electrons. The summed E-state index contributed by atoms with van der Waals surface area (Å²) in [4.78, 5) is 34.4. The van der Waals surface area contributed by atoms with Crippen LogP contribution >= 0.6 is 0 Å². The van der Waals surface area contributed by atoms with Gasteiger partial charge >= 0.3 is 0 Å². The third kappa shape index (κ3) is 8.45. The molecule has 1 heterocycles. The van der Waals surface area contributed by atoms with Crippen LogP contribution in [-0.4, -0.2) is 67.2 Å². The van der Waals surface area contributed by atoms with E-state index in [0.29, 0.717) is 44.2 Å². The number of benzene rings is 2. The molecule has 9 heteroatoms. The van der Waals surface area contributed by atoms with E-state index in [1.807, 2.05) is 30.3 Å². The molecule has 0 saturated carbocycles. The number of nitrogens with one attached hydrogen (secondary N) is 1. The summed E-state index contributed by atoms with van der Waals surface area (Å²) in [6.45, 7) is 2.04. The maximum atomic E-state index is 12.3. The zero-order valence-electron chi connectivity index (χ0n) is 17.1. The summed E-state index contributed by atoms with van der Waals surface area (Å²) in [6, 6.07) is 15.9. The summed E-state index contributed by atoms with van der Waals surface area (Å²) >= 11 is 0. The molecule has 3 rings (SSSR count). The van der Waals surface area contributed by atoms with Crippen molar-refractivity contribution >= 4 is 24.0 Å². The van der Waals surface area contributed by atoms with E-state index in [1.165, 1.54) is 0 Å². The molecule has 4 N–H and O–H groups in total. The number of nitrogens with zero attached hydrogens (tertiary/aromatic N) is 1. The van der Waals surface area contributed by atoms with E-state index in [2.05, 4.69) is 5.32 Å². The molecule has 0 aliphatic carbocycles. The van der Waals surface area contributed by atoms with Gasteiger partial charge < -0.3 is 30.5 Å². The zero-order chi connectivity index (χ0) is 22.5. The predicted octanol–water partition coefficient (Wildman–Crippen LogP) is 1.13. The van der Waals surface area contributed by atoms with Crippen LogP contribution in [0.4, 0.5) is 5.69 Å². The van der Waals surface area contributed by atoms with E-state index < -0.39 is 6.04 Å². The molecule has 31 heavy (non-hydrogen) atoms.